The topological polar surface area (TPSA) is 34.1 Å². The smallest absolute Gasteiger partial charge is 0.143 e. The minimum Gasteiger partial charge on any atom is -0.375 e. The summed E-state index contributed by atoms with van der Waals surface area (Å²) in [6.45, 7) is 5.18. The van der Waals surface area contributed by atoms with Crippen molar-refractivity contribution in [2.24, 2.45) is 4.99 Å². The zero-order chi connectivity index (χ0) is 20.3. The van der Waals surface area contributed by atoms with Crippen molar-refractivity contribution in [2.45, 2.75) is 26.1 Å². The van der Waals surface area contributed by atoms with Crippen LogP contribution in [0.5, 0.6) is 0 Å². The zero-order valence-electron chi connectivity index (χ0n) is 16.1. The Hall–Kier alpha value is -2.02. The Kier molecular flexibility index (Phi) is 6.33. The molecule has 28 heavy (non-hydrogen) atoms. The first-order valence-corrected chi connectivity index (χ1v) is 9.43. The van der Waals surface area contributed by atoms with Gasteiger partial charge in [-0.05, 0) is 49.2 Å². The molecule has 1 aliphatic heterocycles. The zero-order valence-corrected chi connectivity index (χ0v) is 16.9. The molecular weight excluding hydrogens is 386 g/mol. The van der Waals surface area contributed by atoms with Gasteiger partial charge in [0, 0.05) is 30.2 Å². The second-order valence-electron chi connectivity index (χ2n) is 6.95. The monoisotopic (exact) mass is 408 g/mol. The summed E-state index contributed by atoms with van der Waals surface area (Å²) in [5.74, 6) is -0.811. The van der Waals surface area contributed by atoms with Gasteiger partial charge in [-0.3, -0.25) is 0 Å². The summed E-state index contributed by atoms with van der Waals surface area (Å²) in [6.07, 6.45) is 1.67. The fraction of sp³-hybridized carbons (Fsp3) is 0.381. The first-order valence-electron chi connectivity index (χ1n) is 9.05. The number of hydrogen-bond donors (Lipinski definition) is 0. The largest absolute Gasteiger partial charge is 0.375 e. The van der Waals surface area contributed by atoms with Crippen LogP contribution in [0.1, 0.15) is 23.6 Å². The Morgan fingerprint density at radius 2 is 2.04 bits per heavy atom. The number of aliphatic imine (C=N–C) groups is 1. The van der Waals surface area contributed by atoms with Crippen LogP contribution in [0.3, 0.4) is 0 Å². The lowest BCUT2D eigenvalue weighted by atomic mass is 9.89. The van der Waals surface area contributed by atoms with E-state index in [1.807, 2.05) is 25.8 Å². The average Bonchev–Trinajstić information content (AvgIpc) is 2.64. The van der Waals surface area contributed by atoms with Crippen LogP contribution in [0.4, 0.5) is 14.5 Å². The Bertz CT molecular complexity index is 885. The summed E-state index contributed by atoms with van der Waals surface area (Å²) in [6, 6.07) is 7.23. The molecule has 0 bridgehead atoms. The normalized spacial score (nSPS) is 15.6. The summed E-state index contributed by atoms with van der Waals surface area (Å²) in [5, 5.41) is 0.401. The molecule has 0 saturated carbocycles. The minimum absolute atomic E-state index is 0.0552. The van der Waals surface area contributed by atoms with Crippen molar-refractivity contribution in [3.05, 3.63) is 63.7 Å². The van der Waals surface area contributed by atoms with Gasteiger partial charge in [-0.25, -0.2) is 13.8 Å². The maximum absolute atomic E-state index is 14.9. The molecule has 150 valence electrons. The van der Waals surface area contributed by atoms with Crippen molar-refractivity contribution in [1.29, 1.82) is 0 Å². The van der Waals surface area contributed by atoms with E-state index in [-0.39, 0.29) is 19.8 Å². The SMILES string of the molecule is CCN(C)C=Nc1cc(F)c(C2(OCc3cc(F)ccc3Cl)COC2)cc1C. The second kappa shape index (κ2) is 8.55. The summed E-state index contributed by atoms with van der Waals surface area (Å²) in [7, 11) is 1.90. The molecule has 7 heteroatoms. The van der Waals surface area contributed by atoms with Crippen molar-refractivity contribution in [2.75, 3.05) is 26.8 Å². The van der Waals surface area contributed by atoms with E-state index in [2.05, 4.69) is 4.99 Å². The van der Waals surface area contributed by atoms with Crippen LogP contribution in [0.15, 0.2) is 35.3 Å². The predicted molar refractivity (Wildman–Crippen MR) is 106 cm³/mol. The van der Waals surface area contributed by atoms with E-state index < -0.39 is 17.2 Å². The number of hydrogen-bond acceptors (Lipinski definition) is 3. The highest BCUT2D eigenvalue weighted by atomic mass is 35.5. The van der Waals surface area contributed by atoms with Gasteiger partial charge in [0.25, 0.3) is 0 Å². The fourth-order valence-corrected chi connectivity index (χ4v) is 3.05. The third-order valence-electron chi connectivity index (χ3n) is 4.85. The van der Waals surface area contributed by atoms with Gasteiger partial charge in [0.15, 0.2) is 0 Å². The van der Waals surface area contributed by atoms with Crippen LogP contribution in [0.25, 0.3) is 0 Å². The Balaban J connectivity index is 1.84. The first kappa shape index (κ1) is 20.7. The van der Waals surface area contributed by atoms with Crippen LogP contribution >= 0.6 is 11.6 Å². The number of nitrogens with zero attached hydrogens (tertiary/aromatic N) is 2. The summed E-state index contributed by atoms with van der Waals surface area (Å²) in [5.41, 5.74) is 1.38. The summed E-state index contributed by atoms with van der Waals surface area (Å²) in [4.78, 5) is 6.25. The molecule has 0 N–H and O–H groups in total. The number of benzene rings is 2. The summed E-state index contributed by atoms with van der Waals surface area (Å²) >= 11 is 6.11. The van der Waals surface area contributed by atoms with Gasteiger partial charge >= 0.3 is 0 Å². The molecule has 1 fully saturated rings. The molecular formula is C21H23ClF2N2O2. The van der Waals surface area contributed by atoms with Gasteiger partial charge in [0.1, 0.15) is 17.2 Å². The lowest BCUT2D eigenvalue weighted by Crippen LogP contribution is -2.49. The van der Waals surface area contributed by atoms with E-state index in [1.165, 1.54) is 24.3 Å². The van der Waals surface area contributed by atoms with Crippen LogP contribution in [0.2, 0.25) is 5.02 Å². The van der Waals surface area contributed by atoms with Crippen LogP contribution < -0.4 is 0 Å². The van der Waals surface area contributed by atoms with Crippen molar-refractivity contribution < 1.29 is 18.3 Å². The third-order valence-corrected chi connectivity index (χ3v) is 5.22. The molecule has 1 aliphatic rings. The van der Waals surface area contributed by atoms with Gasteiger partial charge in [-0.2, -0.15) is 0 Å². The summed E-state index contributed by atoms with van der Waals surface area (Å²) < 4.78 is 39.7. The van der Waals surface area contributed by atoms with Crippen LogP contribution in [-0.4, -0.2) is 38.0 Å². The molecule has 1 heterocycles. The van der Waals surface area contributed by atoms with Gasteiger partial charge in [0.2, 0.25) is 0 Å². The molecule has 1 saturated heterocycles. The maximum atomic E-state index is 14.9. The van der Waals surface area contributed by atoms with Crippen LogP contribution in [-0.2, 0) is 21.7 Å². The Morgan fingerprint density at radius 3 is 2.68 bits per heavy atom. The van der Waals surface area contributed by atoms with Crippen molar-refractivity contribution in [3.8, 4) is 0 Å². The third kappa shape index (κ3) is 4.35. The van der Waals surface area contributed by atoms with Gasteiger partial charge in [-0.1, -0.05) is 11.6 Å². The Labute approximate surface area is 168 Å². The lowest BCUT2D eigenvalue weighted by molar-refractivity contribution is -0.224. The van der Waals surface area contributed by atoms with E-state index in [4.69, 9.17) is 21.1 Å². The van der Waals surface area contributed by atoms with Gasteiger partial charge in [-0.15, -0.1) is 0 Å². The minimum atomic E-state index is -0.924. The molecule has 0 atom stereocenters. The average molecular weight is 409 g/mol. The molecule has 0 aromatic heterocycles. The van der Waals surface area contributed by atoms with E-state index in [9.17, 15) is 8.78 Å². The highest BCUT2D eigenvalue weighted by Crippen LogP contribution is 2.39. The molecule has 0 unspecified atom stereocenters. The first-order chi connectivity index (χ1) is 13.3. The number of aryl methyl sites for hydroxylation is 1. The van der Waals surface area contributed by atoms with E-state index in [0.717, 1.165) is 12.1 Å². The molecule has 4 nitrogen and oxygen atoms in total. The molecule has 2 aromatic carbocycles. The van der Waals surface area contributed by atoms with Crippen molar-refractivity contribution in [1.82, 2.24) is 4.90 Å². The van der Waals surface area contributed by atoms with Gasteiger partial charge in [0.05, 0.1) is 31.8 Å². The quantitative estimate of drug-likeness (QED) is 0.478. The lowest BCUT2D eigenvalue weighted by Gasteiger charge is -2.42. The van der Waals surface area contributed by atoms with E-state index in [0.29, 0.717) is 21.8 Å². The number of halogens is 3. The van der Waals surface area contributed by atoms with Crippen molar-refractivity contribution in [3.63, 3.8) is 0 Å². The van der Waals surface area contributed by atoms with Gasteiger partial charge < -0.3 is 14.4 Å². The molecule has 0 amide bonds. The van der Waals surface area contributed by atoms with E-state index in [1.54, 1.807) is 12.4 Å². The van der Waals surface area contributed by atoms with Crippen molar-refractivity contribution >= 4 is 23.6 Å². The highest BCUT2D eigenvalue weighted by Gasteiger charge is 2.44. The Morgan fingerprint density at radius 1 is 1.29 bits per heavy atom. The van der Waals surface area contributed by atoms with E-state index >= 15 is 0 Å². The molecule has 3 rings (SSSR count). The second-order valence-corrected chi connectivity index (χ2v) is 7.36. The molecule has 0 spiro atoms. The molecule has 0 aliphatic carbocycles. The maximum Gasteiger partial charge on any atom is 0.143 e. The standard InChI is InChI=1S/C21H23ClF2N2O2/c1-4-26(3)13-25-20-9-19(24)17(7-14(20)2)21(11-27-12-21)28-10-15-8-16(23)5-6-18(15)22/h5-9,13H,4,10-12H2,1-3H3. The molecule has 0 radical (unpaired) electrons. The van der Waals surface area contributed by atoms with Crippen LogP contribution in [0, 0.1) is 18.6 Å². The molecule has 2 aromatic rings. The predicted octanol–water partition coefficient (Wildman–Crippen LogP) is 4.98. The fourth-order valence-electron chi connectivity index (χ4n) is 2.88. The highest BCUT2D eigenvalue weighted by molar-refractivity contribution is 6.31. The number of ether oxygens (including phenoxy) is 2. The number of rotatable bonds is 7.